The average Bonchev–Trinajstić information content (AvgIpc) is 3.39. The summed E-state index contributed by atoms with van der Waals surface area (Å²) in [6.45, 7) is 4.14. The lowest BCUT2D eigenvalue weighted by atomic mass is 10.1. The molecule has 2 aromatic rings. The first kappa shape index (κ1) is 30.5. The number of nitrogen functional groups attached to an aromatic ring is 1. The second-order valence-electron chi connectivity index (χ2n) is 9.92. The van der Waals surface area contributed by atoms with Gasteiger partial charge < -0.3 is 36.6 Å². The molecule has 0 aliphatic carbocycles. The Morgan fingerprint density at radius 3 is 2.54 bits per heavy atom. The molecule has 0 spiro atoms. The van der Waals surface area contributed by atoms with Crippen molar-refractivity contribution in [2.24, 2.45) is 0 Å². The first-order valence-electron chi connectivity index (χ1n) is 12.9. The summed E-state index contributed by atoms with van der Waals surface area (Å²) in [5.41, 5.74) is 6.52. The molecule has 1 saturated heterocycles. The Balaban J connectivity index is 1.52. The van der Waals surface area contributed by atoms with Gasteiger partial charge in [0.2, 0.25) is 11.9 Å². The molecule has 7 N–H and O–H groups in total. The summed E-state index contributed by atoms with van der Waals surface area (Å²) in [5, 5.41) is 29.4. The fourth-order valence-electron chi connectivity index (χ4n) is 4.14. The lowest BCUT2D eigenvalue weighted by molar-refractivity contribution is -0.138. The maximum atomic E-state index is 12.4. The molecule has 0 bridgehead atoms. The van der Waals surface area contributed by atoms with Gasteiger partial charge in [-0.25, -0.2) is 13.4 Å². The van der Waals surface area contributed by atoms with Crippen LogP contribution in [-0.4, -0.2) is 99.4 Å². The lowest BCUT2D eigenvalue weighted by Crippen LogP contribution is -2.45. The summed E-state index contributed by atoms with van der Waals surface area (Å²) in [7, 11) is -2.95. The molecule has 2 aromatic heterocycles. The minimum absolute atomic E-state index is 0.0725. The number of sulfone groups is 1. The maximum absolute atomic E-state index is 12.4. The van der Waals surface area contributed by atoms with E-state index in [1.807, 2.05) is 0 Å². The molecule has 0 radical (unpaired) electrons. The van der Waals surface area contributed by atoms with Gasteiger partial charge in [0.15, 0.2) is 23.8 Å². The van der Waals surface area contributed by atoms with E-state index in [-0.39, 0.29) is 40.6 Å². The molecule has 1 unspecified atom stereocenters. The number of fused-ring (bicyclic) bond motifs is 1. The minimum Gasteiger partial charge on any atom is -0.387 e. The Labute approximate surface area is 226 Å². The highest BCUT2D eigenvalue weighted by Crippen LogP contribution is 2.32. The third kappa shape index (κ3) is 8.45. The lowest BCUT2D eigenvalue weighted by Gasteiger charge is -2.17. The Bertz CT molecular complexity index is 1250. The van der Waals surface area contributed by atoms with Gasteiger partial charge in [-0.3, -0.25) is 14.2 Å². The van der Waals surface area contributed by atoms with Gasteiger partial charge in [-0.1, -0.05) is 12.8 Å². The van der Waals surface area contributed by atoms with E-state index in [1.54, 1.807) is 13.8 Å². The van der Waals surface area contributed by atoms with E-state index in [1.165, 1.54) is 17.2 Å². The van der Waals surface area contributed by atoms with Gasteiger partial charge in [-0.2, -0.15) is 9.97 Å². The number of carbonyl (C=O) groups excluding carboxylic acids is 2. The molecule has 1 fully saturated rings. The normalized spacial score (nSPS) is 21.4. The summed E-state index contributed by atoms with van der Waals surface area (Å²) in [4.78, 5) is 37.2. The van der Waals surface area contributed by atoms with Crippen molar-refractivity contribution in [3.63, 3.8) is 0 Å². The van der Waals surface area contributed by atoms with Crippen LogP contribution in [0.15, 0.2) is 6.33 Å². The van der Waals surface area contributed by atoms with E-state index in [0.29, 0.717) is 32.4 Å². The van der Waals surface area contributed by atoms with Crippen LogP contribution in [0.2, 0.25) is 0 Å². The van der Waals surface area contributed by atoms with Crippen LogP contribution in [0.1, 0.15) is 52.2 Å². The molecule has 15 nitrogen and oxygen atoms in total. The fraction of sp³-hybridized carbons (Fsp3) is 0.696. The van der Waals surface area contributed by atoms with Gasteiger partial charge >= 0.3 is 0 Å². The molecule has 1 aliphatic rings. The second kappa shape index (κ2) is 13.3. The number of hydrogen-bond acceptors (Lipinski definition) is 12. The fourth-order valence-corrected chi connectivity index (χ4v) is 4.87. The number of anilines is 2. The Morgan fingerprint density at radius 1 is 1.13 bits per heavy atom. The predicted molar refractivity (Wildman–Crippen MR) is 143 cm³/mol. The molecule has 218 valence electrons. The van der Waals surface area contributed by atoms with Crippen molar-refractivity contribution >= 4 is 44.6 Å². The van der Waals surface area contributed by atoms with Gasteiger partial charge in [0.05, 0.1) is 6.33 Å². The van der Waals surface area contributed by atoms with Crippen LogP contribution in [0.25, 0.3) is 11.2 Å². The van der Waals surface area contributed by atoms with Gasteiger partial charge in [-0.15, -0.1) is 0 Å². The van der Waals surface area contributed by atoms with Gasteiger partial charge in [0, 0.05) is 37.6 Å². The Kier molecular flexibility index (Phi) is 10.4. The molecule has 16 heteroatoms. The number of ether oxygens (including phenoxy) is 1. The molecular formula is C23H38N8O7S. The van der Waals surface area contributed by atoms with Crippen LogP contribution < -0.4 is 21.7 Å². The topological polar surface area (TPSA) is 224 Å². The zero-order chi connectivity index (χ0) is 28.7. The van der Waals surface area contributed by atoms with Crippen molar-refractivity contribution in [1.82, 2.24) is 30.2 Å². The van der Waals surface area contributed by atoms with Crippen molar-refractivity contribution in [2.75, 3.05) is 36.1 Å². The Hall–Kier alpha value is -3.08. The van der Waals surface area contributed by atoms with Crippen LogP contribution in [0.4, 0.5) is 11.8 Å². The van der Waals surface area contributed by atoms with Crippen LogP contribution in [-0.2, 0) is 24.2 Å². The average molecular weight is 571 g/mol. The molecule has 2 amide bonds. The van der Waals surface area contributed by atoms with Crippen molar-refractivity contribution in [2.45, 2.75) is 76.5 Å². The summed E-state index contributed by atoms with van der Waals surface area (Å²) in [6.07, 6.45) is 0.402. The van der Waals surface area contributed by atoms with Crippen LogP contribution in [0.5, 0.6) is 0 Å². The maximum Gasteiger partial charge on any atom is 0.252 e. The zero-order valence-corrected chi connectivity index (χ0v) is 23.1. The number of imidazole rings is 1. The van der Waals surface area contributed by atoms with E-state index < -0.39 is 40.3 Å². The SMILES string of the molecule is CC(C)NC(=O)[C@H]1OC(n2cnc3c(N)nc(NCCNC(=O)CCCCCCS(C)(=O)=O)nc32)[C@H](O)[C@@H]1O. The molecular weight excluding hydrogens is 532 g/mol. The summed E-state index contributed by atoms with van der Waals surface area (Å²) in [6, 6.07) is -0.178. The summed E-state index contributed by atoms with van der Waals surface area (Å²) >= 11 is 0. The highest BCUT2D eigenvalue weighted by molar-refractivity contribution is 7.90. The summed E-state index contributed by atoms with van der Waals surface area (Å²) in [5.74, 6) is -0.270. The van der Waals surface area contributed by atoms with Crippen molar-refractivity contribution in [3.05, 3.63) is 6.33 Å². The molecule has 0 aromatic carbocycles. The van der Waals surface area contributed by atoms with E-state index >= 15 is 0 Å². The van der Waals surface area contributed by atoms with Crippen molar-refractivity contribution < 1.29 is 33.0 Å². The first-order valence-corrected chi connectivity index (χ1v) is 14.9. The quantitative estimate of drug-likeness (QED) is 0.152. The van der Waals surface area contributed by atoms with Crippen LogP contribution in [0, 0.1) is 0 Å². The van der Waals surface area contributed by atoms with E-state index in [4.69, 9.17) is 10.5 Å². The monoisotopic (exact) mass is 570 g/mol. The van der Waals surface area contributed by atoms with Gasteiger partial charge in [0.25, 0.3) is 5.91 Å². The number of nitrogens with one attached hydrogen (secondary N) is 3. The number of aliphatic hydroxyl groups excluding tert-OH is 2. The van der Waals surface area contributed by atoms with Gasteiger partial charge in [-0.05, 0) is 26.7 Å². The van der Waals surface area contributed by atoms with E-state index in [2.05, 4.69) is 30.9 Å². The number of nitrogens with zero attached hydrogens (tertiary/aromatic N) is 4. The number of hydrogen-bond donors (Lipinski definition) is 6. The largest absolute Gasteiger partial charge is 0.387 e. The molecule has 4 atom stereocenters. The third-order valence-electron chi connectivity index (χ3n) is 6.05. The van der Waals surface area contributed by atoms with Crippen LogP contribution in [0.3, 0.4) is 0 Å². The minimum atomic E-state index is -2.95. The third-order valence-corrected chi connectivity index (χ3v) is 7.08. The summed E-state index contributed by atoms with van der Waals surface area (Å²) < 4.78 is 29.3. The highest BCUT2D eigenvalue weighted by Gasteiger charge is 2.47. The number of aliphatic hydroxyl groups is 2. The molecule has 3 rings (SSSR count). The van der Waals surface area contributed by atoms with Gasteiger partial charge in [0.1, 0.15) is 27.6 Å². The van der Waals surface area contributed by atoms with Crippen molar-refractivity contribution in [1.29, 1.82) is 0 Å². The number of aromatic nitrogens is 4. The second-order valence-corrected chi connectivity index (χ2v) is 12.2. The van der Waals surface area contributed by atoms with E-state index in [9.17, 15) is 28.2 Å². The number of nitrogens with two attached hydrogens (primary N) is 1. The number of rotatable bonds is 14. The highest BCUT2D eigenvalue weighted by atomic mass is 32.2. The van der Waals surface area contributed by atoms with Crippen LogP contribution >= 0.6 is 0 Å². The number of carbonyl (C=O) groups is 2. The number of amides is 2. The Morgan fingerprint density at radius 2 is 1.85 bits per heavy atom. The number of unbranched alkanes of at least 4 members (excludes halogenated alkanes) is 3. The molecule has 3 heterocycles. The standard InChI is InChI=1S/C23H38N8O7S/c1-13(2)28-21(35)18-16(33)17(34)22(38-18)31-12-27-15-19(24)29-23(30-20(15)31)26-10-9-25-14(32)8-6-4-5-7-11-39(3,36)37/h12-13,16-18,22,33-34H,4-11H2,1-3H3,(H,25,32)(H,28,35)(H3,24,26,29,30)/t16-,17+,18-,22?/m0/s1. The first-order chi connectivity index (χ1) is 18.4. The molecule has 0 saturated carbocycles. The molecule has 1 aliphatic heterocycles. The predicted octanol–water partition coefficient (Wildman–Crippen LogP) is -0.924. The van der Waals surface area contributed by atoms with E-state index in [0.717, 1.165) is 12.8 Å². The zero-order valence-electron chi connectivity index (χ0n) is 22.3. The smallest absolute Gasteiger partial charge is 0.252 e. The molecule has 39 heavy (non-hydrogen) atoms. The van der Waals surface area contributed by atoms with Crippen molar-refractivity contribution in [3.8, 4) is 0 Å².